The highest BCUT2D eigenvalue weighted by Gasteiger charge is 2.38. The van der Waals surface area contributed by atoms with E-state index in [9.17, 15) is 18.6 Å². The lowest BCUT2D eigenvalue weighted by Gasteiger charge is -2.34. The highest BCUT2D eigenvalue weighted by atomic mass is 32.2. The van der Waals surface area contributed by atoms with E-state index in [1.165, 1.54) is 0 Å². The Bertz CT molecular complexity index is 5860. The number of aromatic nitrogens is 12. The molecule has 20 nitrogen and oxygen atoms in total. The summed E-state index contributed by atoms with van der Waals surface area (Å²) < 4.78 is 36.8. The molecule has 8 N–H and O–H groups in total. The lowest BCUT2D eigenvalue weighted by atomic mass is 9.75. The van der Waals surface area contributed by atoms with E-state index >= 15 is 0 Å². The number of imidazole rings is 3. The smallest absolute Gasteiger partial charge is 0.296 e. The largest absolute Gasteiger partial charge is 0.396 e. The topological polar surface area (TPSA) is 291 Å². The van der Waals surface area contributed by atoms with Crippen molar-refractivity contribution < 1.29 is 22.8 Å². The first-order chi connectivity index (χ1) is 51.8. The van der Waals surface area contributed by atoms with Crippen molar-refractivity contribution in [3.05, 3.63) is 266 Å². The normalized spacial score (nSPS) is 17.7. The van der Waals surface area contributed by atoms with Crippen molar-refractivity contribution in [2.45, 2.75) is 68.1 Å². The molecule has 0 atom stereocenters. The van der Waals surface area contributed by atoms with E-state index in [1.54, 1.807) is 42.9 Å². The minimum absolute atomic E-state index is 0.117. The van der Waals surface area contributed by atoms with E-state index in [0.29, 0.717) is 41.1 Å². The molecule has 0 spiro atoms. The van der Waals surface area contributed by atoms with Crippen LogP contribution in [0, 0.1) is 24.7 Å². The van der Waals surface area contributed by atoms with Gasteiger partial charge < -0.3 is 27.4 Å². The number of hydrogen-bond acceptors (Lipinski definition) is 17. The van der Waals surface area contributed by atoms with Gasteiger partial charge in [0.15, 0.2) is 0 Å². The Morgan fingerprint density at radius 3 is 1.05 bits per heavy atom. The van der Waals surface area contributed by atoms with E-state index in [1.807, 2.05) is 103 Å². The van der Waals surface area contributed by atoms with E-state index in [0.717, 1.165) is 178 Å². The van der Waals surface area contributed by atoms with Gasteiger partial charge in [-0.15, -0.1) is 0 Å². The lowest BCUT2D eigenvalue weighted by molar-refractivity contribution is 0.138. The van der Waals surface area contributed by atoms with Gasteiger partial charge >= 0.3 is 0 Å². The van der Waals surface area contributed by atoms with Crippen molar-refractivity contribution in [3.63, 3.8) is 0 Å². The zero-order valence-corrected chi connectivity index (χ0v) is 58.9. The van der Waals surface area contributed by atoms with Crippen LogP contribution < -0.4 is 17.2 Å². The average Bonchev–Trinajstić information content (AvgIpc) is 1.63. The number of nitrogen functional groups attached to an aromatic ring is 3. The fraction of sp³-hybridized carbons (Fsp3) is 0.188. The molecule has 9 heterocycles. The Morgan fingerprint density at radius 2 is 0.717 bits per heavy atom. The van der Waals surface area contributed by atoms with Crippen LogP contribution in [0.5, 0.6) is 0 Å². The first kappa shape index (κ1) is 67.1. The Hall–Kier alpha value is -12.1. The SMILES string of the molecule is Cc1ccc(S(=O)(=O)OCC2CC(c3nc(-c4ccc5ccc(-c6ccccc6)nc5c4)c4c(N)nccn34)C2)cc1.Nc1nccn2c(C3CC(CO)C3)nc(-c3ccc4ccc(-c5ccccc5)nc4c3)c12.Nc1nccn2c(C3CC(CO)C3)nc(-c3ccc4ccc(-c5ccccc5)nc4c3)c12. The first-order valence-corrected chi connectivity index (χ1v) is 37.1. The molecule has 0 radical (unpaired) electrons. The molecule has 7 aromatic carbocycles. The third-order valence-corrected chi connectivity index (χ3v) is 22.3. The van der Waals surface area contributed by atoms with Crippen LogP contribution in [0.1, 0.15) is 79.3 Å². The quantitative estimate of drug-likeness (QED) is 0.0596. The Kier molecular flexibility index (Phi) is 17.8. The summed E-state index contributed by atoms with van der Waals surface area (Å²) in [5.41, 5.74) is 36.4. The second-order valence-electron chi connectivity index (χ2n) is 28.0. The first-order valence-electron chi connectivity index (χ1n) is 35.7. The number of anilines is 3. The van der Waals surface area contributed by atoms with E-state index in [4.69, 9.17) is 51.3 Å². The van der Waals surface area contributed by atoms with Crippen molar-refractivity contribution in [1.29, 1.82) is 0 Å². The van der Waals surface area contributed by atoms with Crippen molar-refractivity contribution in [2.24, 2.45) is 17.8 Å². The number of fused-ring (bicyclic) bond motifs is 6. The van der Waals surface area contributed by atoms with Crippen molar-refractivity contribution >= 4 is 76.8 Å². The molecule has 21 heteroatoms. The number of aliphatic hydroxyl groups excluding tert-OH is 2. The maximum atomic E-state index is 12.6. The van der Waals surface area contributed by atoms with Gasteiger partial charge in [0.2, 0.25) is 0 Å². The maximum absolute atomic E-state index is 12.6. The molecule has 3 aliphatic rings. The fourth-order valence-corrected chi connectivity index (χ4v) is 16.0. The minimum atomic E-state index is -3.79. The van der Waals surface area contributed by atoms with Crippen LogP contribution >= 0.6 is 0 Å². The standard InChI is InChI=1S/C33H29N5O3S.2C26H23N5O/c1-21-7-12-27(13-8-21)42(39,40)41-20-22-17-26(18-22)33-37-30(31-32(34)35-15-16-38(31)33)25-10-9-24-11-14-28(36-29(24)19-25)23-5-3-2-4-6-23;2*27-25-24-23(30-26(31(24)11-10-28-25)20-12-16(13-20)15-32)19-7-6-18-8-9-21(29-22(18)14-19)17-4-2-1-3-5-17/h2-16,19,22,26H,17-18,20H2,1H3,(H2,34,35);2*1-11,14,16,20,32H,12-13,15H2,(H2,27,28). The van der Waals surface area contributed by atoms with Crippen molar-refractivity contribution in [1.82, 2.24) is 58.1 Å². The number of nitrogens with two attached hydrogens (primary N) is 3. The molecular weight excluding hydrogens is 1340 g/mol. The molecule has 526 valence electrons. The van der Waals surface area contributed by atoms with Crippen LogP contribution in [0.2, 0.25) is 0 Å². The van der Waals surface area contributed by atoms with Crippen LogP contribution in [0.3, 0.4) is 0 Å². The van der Waals surface area contributed by atoms with Crippen LogP contribution in [-0.4, -0.2) is 96.5 Å². The van der Waals surface area contributed by atoms with Gasteiger partial charge in [0, 0.05) is 118 Å². The van der Waals surface area contributed by atoms with Crippen LogP contribution in [0.4, 0.5) is 17.5 Å². The van der Waals surface area contributed by atoms with Crippen molar-refractivity contribution in [3.8, 4) is 67.5 Å². The van der Waals surface area contributed by atoms with Gasteiger partial charge in [-0.1, -0.05) is 163 Å². The third-order valence-electron chi connectivity index (χ3n) is 21.0. The Morgan fingerprint density at radius 1 is 0.396 bits per heavy atom. The van der Waals surface area contributed by atoms with E-state index in [-0.39, 0.29) is 36.6 Å². The molecule has 9 aromatic heterocycles. The molecule has 0 aliphatic heterocycles. The molecular formula is C85H75N15O5S. The third kappa shape index (κ3) is 13.0. The summed E-state index contributed by atoms with van der Waals surface area (Å²) in [5, 5.41) is 22.1. The van der Waals surface area contributed by atoms with Gasteiger partial charge in [0.1, 0.15) is 68.6 Å². The van der Waals surface area contributed by atoms with Gasteiger partial charge in [0.05, 0.1) is 45.1 Å². The van der Waals surface area contributed by atoms with Gasteiger partial charge in [-0.3, -0.25) is 17.4 Å². The molecule has 0 unspecified atom stereocenters. The molecule has 3 fully saturated rings. The van der Waals surface area contributed by atoms with Gasteiger partial charge in [0.25, 0.3) is 10.1 Å². The monoisotopic (exact) mass is 1420 g/mol. The van der Waals surface area contributed by atoms with Gasteiger partial charge in [-0.05, 0) is 112 Å². The summed E-state index contributed by atoms with van der Waals surface area (Å²) in [4.78, 5) is 43.1. The number of aryl methyl sites for hydroxylation is 1. The van der Waals surface area contributed by atoms with Gasteiger partial charge in [-0.2, -0.15) is 8.42 Å². The molecule has 106 heavy (non-hydrogen) atoms. The summed E-state index contributed by atoms with van der Waals surface area (Å²) in [6.45, 7) is 2.53. The average molecular weight is 1420 g/mol. The predicted molar refractivity (Wildman–Crippen MR) is 416 cm³/mol. The lowest BCUT2D eigenvalue weighted by Crippen LogP contribution is -2.28. The zero-order valence-electron chi connectivity index (χ0n) is 58.0. The molecule has 19 rings (SSSR count). The molecule has 0 amide bonds. The number of hydrogen-bond donors (Lipinski definition) is 5. The fourth-order valence-electron chi connectivity index (χ4n) is 15.1. The van der Waals surface area contributed by atoms with Gasteiger partial charge in [-0.25, -0.2) is 44.9 Å². The number of pyridine rings is 3. The second kappa shape index (κ2) is 28.1. The number of nitrogens with zero attached hydrogens (tertiary/aromatic N) is 12. The van der Waals surface area contributed by atoms with E-state index < -0.39 is 10.1 Å². The molecule has 16 aromatic rings. The Labute approximate surface area is 611 Å². The Balaban J connectivity index is 0.000000119. The zero-order chi connectivity index (χ0) is 72.2. The maximum Gasteiger partial charge on any atom is 0.296 e. The highest BCUT2D eigenvalue weighted by molar-refractivity contribution is 7.86. The number of aliphatic hydroxyl groups is 2. The highest BCUT2D eigenvalue weighted by Crippen LogP contribution is 2.47. The number of rotatable bonds is 15. The van der Waals surface area contributed by atoms with Crippen molar-refractivity contribution in [2.75, 3.05) is 37.0 Å². The van der Waals surface area contributed by atoms with Crippen LogP contribution in [-0.2, 0) is 14.3 Å². The minimum Gasteiger partial charge on any atom is -0.396 e. The summed E-state index contributed by atoms with van der Waals surface area (Å²) in [6, 6.07) is 68.2. The van der Waals surface area contributed by atoms with Crippen LogP contribution in [0.15, 0.2) is 248 Å². The molecule has 0 bridgehead atoms. The molecule has 3 aliphatic carbocycles. The summed E-state index contributed by atoms with van der Waals surface area (Å²) >= 11 is 0. The predicted octanol–water partition coefficient (Wildman–Crippen LogP) is 15.8. The number of benzene rings is 7. The van der Waals surface area contributed by atoms with Crippen LogP contribution in [0.25, 0.3) is 117 Å². The summed E-state index contributed by atoms with van der Waals surface area (Å²) in [6.07, 6.45) is 16.2. The molecule has 0 saturated heterocycles. The second-order valence-corrected chi connectivity index (χ2v) is 29.6. The summed E-state index contributed by atoms with van der Waals surface area (Å²) in [5.74, 6) is 5.80. The van der Waals surface area contributed by atoms with E-state index in [2.05, 4.69) is 133 Å². The molecule has 3 saturated carbocycles. The summed E-state index contributed by atoms with van der Waals surface area (Å²) in [7, 11) is -3.79.